The summed E-state index contributed by atoms with van der Waals surface area (Å²) in [6.45, 7) is 0.307. The van der Waals surface area contributed by atoms with E-state index >= 15 is 0 Å². The van der Waals surface area contributed by atoms with Crippen molar-refractivity contribution in [1.29, 1.82) is 0 Å². The number of carbonyl (C=O) groups is 2. The van der Waals surface area contributed by atoms with Gasteiger partial charge in [0.25, 0.3) is 5.91 Å². The van der Waals surface area contributed by atoms with Gasteiger partial charge in [-0.05, 0) is 23.3 Å². The van der Waals surface area contributed by atoms with Crippen molar-refractivity contribution in [1.82, 2.24) is 9.80 Å². The van der Waals surface area contributed by atoms with E-state index in [1.807, 2.05) is 42.5 Å². The second kappa shape index (κ2) is 6.12. The van der Waals surface area contributed by atoms with E-state index < -0.39 is 6.04 Å². The molecule has 2 aromatic rings. The zero-order chi connectivity index (χ0) is 16.4. The average molecular weight is 309 g/mol. The second-order valence-electron chi connectivity index (χ2n) is 5.76. The molecule has 0 spiro atoms. The predicted octanol–water partition coefficient (Wildman–Crippen LogP) is 2.27. The Bertz CT molecular complexity index is 713. The SMILES string of the molecule is CN1C(=O)N(Cc2ccccc2)C(=O)C1Cc1ccc(N)cc1. The van der Waals surface area contributed by atoms with Crippen molar-refractivity contribution in [3.8, 4) is 0 Å². The van der Waals surface area contributed by atoms with Crippen LogP contribution < -0.4 is 5.73 Å². The van der Waals surface area contributed by atoms with Crippen LogP contribution in [0.4, 0.5) is 10.5 Å². The first-order valence-electron chi connectivity index (χ1n) is 7.53. The topological polar surface area (TPSA) is 66.6 Å². The standard InChI is InChI=1S/C18H19N3O2/c1-20-16(11-13-7-9-15(19)10-8-13)17(22)21(18(20)23)12-14-5-3-2-4-6-14/h2-10,16H,11-12,19H2,1H3. The number of nitrogen functional groups attached to an aromatic ring is 1. The number of likely N-dealkylation sites (N-methyl/N-ethyl adjacent to an activating group) is 1. The maximum absolute atomic E-state index is 12.6. The zero-order valence-corrected chi connectivity index (χ0v) is 13.0. The summed E-state index contributed by atoms with van der Waals surface area (Å²) in [4.78, 5) is 27.9. The lowest BCUT2D eigenvalue weighted by molar-refractivity contribution is -0.128. The molecule has 5 nitrogen and oxygen atoms in total. The van der Waals surface area contributed by atoms with Crippen LogP contribution in [0.1, 0.15) is 11.1 Å². The molecule has 1 aliphatic heterocycles. The molecule has 5 heteroatoms. The van der Waals surface area contributed by atoms with Crippen LogP contribution in [0, 0.1) is 0 Å². The number of anilines is 1. The zero-order valence-electron chi connectivity index (χ0n) is 13.0. The minimum atomic E-state index is -0.463. The molecule has 0 aromatic heterocycles. The van der Waals surface area contributed by atoms with E-state index in [1.165, 1.54) is 9.80 Å². The maximum Gasteiger partial charge on any atom is 0.327 e. The molecule has 1 unspecified atom stereocenters. The lowest BCUT2D eigenvalue weighted by Crippen LogP contribution is -2.33. The molecule has 3 amide bonds. The molecule has 1 heterocycles. The molecule has 23 heavy (non-hydrogen) atoms. The highest BCUT2D eigenvalue weighted by Gasteiger charge is 2.42. The number of nitrogens with zero attached hydrogens (tertiary/aromatic N) is 2. The largest absolute Gasteiger partial charge is 0.399 e. The van der Waals surface area contributed by atoms with Gasteiger partial charge in [0.2, 0.25) is 0 Å². The molecule has 118 valence electrons. The fourth-order valence-electron chi connectivity index (χ4n) is 2.78. The molecule has 0 bridgehead atoms. The van der Waals surface area contributed by atoms with Crippen LogP contribution >= 0.6 is 0 Å². The number of nitrogens with two attached hydrogens (primary N) is 1. The van der Waals surface area contributed by atoms with Crippen LogP contribution in [-0.4, -0.2) is 34.8 Å². The maximum atomic E-state index is 12.6. The van der Waals surface area contributed by atoms with E-state index in [4.69, 9.17) is 5.73 Å². The minimum Gasteiger partial charge on any atom is -0.399 e. The quantitative estimate of drug-likeness (QED) is 0.696. The van der Waals surface area contributed by atoms with Gasteiger partial charge in [-0.3, -0.25) is 9.69 Å². The Morgan fingerprint density at radius 3 is 2.26 bits per heavy atom. The summed E-state index contributed by atoms with van der Waals surface area (Å²) in [7, 11) is 1.67. The summed E-state index contributed by atoms with van der Waals surface area (Å²) in [5.41, 5.74) is 8.29. The summed E-state index contributed by atoms with van der Waals surface area (Å²) in [6.07, 6.45) is 0.493. The Hall–Kier alpha value is -2.82. The Labute approximate surface area is 135 Å². The van der Waals surface area contributed by atoms with E-state index in [2.05, 4.69) is 0 Å². The van der Waals surface area contributed by atoms with Crippen molar-refractivity contribution in [3.05, 3.63) is 65.7 Å². The molecule has 3 rings (SSSR count). The van der Waals surface area contributed by atoms with Crippen LogP contribution in [0.5, 0.6) is 0 Å². The van der Waals surface area contributed by atoms with Crippen molar-refractivity contribution in [2.24, 2.45) is 0 Å². The summed E-state index contributed by atoms with van der Waals surface area (Å²) < 4.78 is 0. The summed E-state index contributed by atoms with van der Waals surface area (Å²) in [6, 6.07) is 16.2. The van der Waals surface area contributed by atoms with Gasteiger partial charge in [0, 0.05) is 19.2 Å². The van der Waals surface area contributed by atoms with Gasteiger partial charge in [0.05, 0.1) is 6.54 Å². The minimum absolute atomic E-state index is 0.154. The third-order valence-electron chi connectivity index (χ3n) is 4.14. The van der Waals surface area contributed by atoms with Crippen molar-refractivity contribution in [2.45, 2.75) is 19.0 Å². The van der Waals surface area contributed by atoms with E-state index in [0.717, 1.165) is 11.1 Å². The van der Waals surface area contributed by atoms with Crippen LogP contribution in [0.25, 0.3) is 0 Å². The monoisotopic (exact) mass is 309 g/mol. The first-order valence-corrected chi connectivity index (χ1v) is 7.53. The highest BCUT2D eigenvalue weighted by atomic mass is 16.2. The fourth-order valence-corrected chi connectivity index (χ4v) is 2.78. The molecule has 1 aliphatic rings. The highest BCUT2D eigenvalue weighted by molar-refractivity contribution is 6.04. The highest BCUT2D eigenvalue weighted by Crippen LogP contribution is 2.22. The number of benzene rings is 2. The van der Waals surface area contributed by atoms with Gasteiger partial charge in [-0.15, -0.1) is 0 Å². The van der Waals surface area contributed by atoms with Crippen LogP contribution in [0.15, 0.2) is 54.6 Å². The number of amides is 3. The second-order valence-corrected chi connectivity index (χ2v) is 5.76. The van der Waals surface area contributed by atoms with Gasteiger partial charge in [0.15, 0.2) is 0 Å². The number of imide groups is 1. The number of rotatable bonds is 4. The average Bonchev–Trinajstić information content (AvgIpc) is 2.76. The third kappa shape index (κ3) is 3.04. The molecule has 2 N–H and O–H groups in total. The van der Waals surface area contributed by atoms with Crippen molar-refractivity contribution < 1.29 is 9.59 Å². The number of urea groups is 1. The molecule has 1 fully saturated rings. The lowest BCUT2D eigenvalue weighted by atomic mass is 10.0. The van der Waals surface area contributed by atoms with E-state index in [-0.39, 0.29) is 11.9 Å². The van der Waals surface area contributed by atoms with Crippen LogP contribution in [-0.2, 0) is 17.8 Å². The number of carbonyl (C=O) groups excluding carboxylic acids is 2. The van der Waals surface area contributed by atoms with Gasteiger partial charge in [-0.25, -0.2) is 4.79 Å². The Kier molecular flexibility index (Phi) is 4.02. The van der Waals surface area contributed by atoms with E-state index in [0.29, 0.717) is 18.7 Å². The molecule has 1 atom stereocenters. The van der Waals surface area contributed by atoms with Gasteiger partial charge in [0.1, 0.15) is 6.04 Å². The predicted molar refractivity (Wildman–Crippen MR) is 88.5 cm³/mol. The molecule has 1 saturated heterocycles. The normalized spacial score (nSPS) is 17.9. The smallest absolute Gasteiger partial charge is 0.327 e. The first-order chi connectivity index (χ1) is 11.1. The van der Waals surface area contributed by atoms with Gasteiger partial charge < -0.3 is 10.6 Å². The fraction of sp³-hybridized carbons (Fsp3) is 0.222. The summed E-state index contributed by atoms with van der Waals surface area (Å²) >= 11 is 0. The van der Waals surface area contributed by atoms with Crippen molar-refractivity contribution in [3.63, 3.8) is 0 Å². The van der Waals surface area contributed by atoms with Crippen molar-refractivity contribution >= 4 is 17.6 Å². The summed E-state index contributed by atoms with van der Waals surface area (Å²) in [5, 5.41) is 0. The van der Waals surface area contributed by atoms with Crippen LogP contribution in [0.2, 0.25) is 0 Å². The summed E-state index contributed by atoms with van der Waals surface area (Å²) in [5.74, 6) is -0.154. The Morgan fingerprint density at radius 2 is 1.61 bits per heavy atom. The van der Waals surface area contributed by atoms with Gasteiger partial charge in [-0.1, -0.05) is 42.5 Å². The number of hydrogen-bond acceptors (Lipinski definition) is 3. The van der Waals surface area contributed by atoms with Crippen molar-refractivity contribution in [2.75, 3.05) is 12.8 Å². The van der Waals surface area contributed by atoms with E-state index in [9.17, 15) is 9.59 Å². The molecule has 0 aliphatic carbocycles. The molecule has 2 aromatic carbocycles. The Morgan fingerprint density at radius 1 is 0.957 bits per heavy atom. The number of hydrogen-bond donors (Lipinski definition) is 1. The van der Waals surface area contributed by atoms with Gasteiger partial charge in [-0.2, -0.15) is 0 Å². The van der Waals surface area contributed by atoms with Gasteiger partial charge >= 0.3 is 6.03 Å². The van der Waals surface area contributed by atoms with E-state index in [1.54, 1.807) is 19.2 Å². The third-order valence-corrected chi connectivity index (χ3v) is 4.14. The molecule has 0 radical (unpaired) electrons. The lowest BCUT2D eigenvalue weighted by Gasteiger charge is -2.16. The first kappa shape index (κ1) is 15.1. The molecule has 0 saturated carbocycles. The molecular weight excluding hydrogens is 290 g/mol. The molecular formula is C18H19N3O2. The Balaban J connectivity index is 1.76. The van der Waals surface area contributed by atoms with Crippen LogP contribution in [0.3, 0.4) is 0 Å².